The summed E-state index contributed by atoms with van der Waals surface area (Å²) in [7, 11) is 0. The summed E-state index contributed by atoms with van der Waals surface area (Å²) in [6.45, 7) is 3.41. The number of hydrogen-bond acceptors (Lipinski definition) is 5. The first-order valence-electron chi connectivity index (χ1n) is 7.98. The van der Waals surface area contributed by atoms with Gasteiger partial charge < -0.3 is 4.74 Å². The minimum absolute atomic E-state index is 0.281. The molecule has 3 aromatic rings. The molecule has 0 fully saturated rings. The number of ether oxygens (including phenoxy) is 1. The lowest BCUT2D eigenvalue weighted by Gasteiger charge is -2.11. The Morgan fingerprint density at radius 1 is 1.15 bits per heavy atom. The average Bonchev–Trinajstić information content (AvgIpc) is 3.08. The van der Waals surface area contributed by atoms with Gasteiger partial charge in [0.1, 0.15) is 0 Å². The Kier molecular flexibility index (Phi) is 5.58. The highest BCUT2D eigenvalue weighted by Crippen LogP contribution is 2.25. The van der Waals surface area contributed by atoms with E-state index in [2.05, 4.69) is 15.5 Å². The van der Waals surface area contributed by atoms with E-state index in [9.17, 15) is 8.78 Å². The summed E-state index contributed by atoms with van der Waals surface area (Å²) in [5.74, 6) is -1.90. The maximum Gasteiger partial charge on any atom is 0.203 e. The topological polar surface area (TPSA) is 46.5 Å². The standard InChI is InChI=1S/C19H17F2N3OS/c1-12(2)25-18-15(20)8-13(9-16(18)21)10-22-24-19-23-17(11-26-19)14-6-4-3-5-7-14/h3-12H,1-2H3,(H,23,24). The number of aromatic nitrogens is 1. The number of rotatable bonds is 6. The molecule has 0 aliphatic rings. The summed E-state index contributed by atoms with van der Waals surface area (Å²) in [4.78, 5) is 4.42. The van der Waals surface area contributed by atoms with Crippen molar-refractivity contribution in [3.8, 4) is 17.0 Å². The van der Waals surface area contributed by atoms with E-state index in [4.69, 9.17) is 4.74 Å². The van der Waals surface area contributed by atoms with Crippen LogP contribution in [0.5, 0.6) is 5.75 Å². The molecule has 0 radical (unpaired) electrons. The second-order valence-corrected chi connectivity index (χ2v) is 6.61. The van der Waals surface area contributed by atoms with Crippen LogP contribution in [0, 0.1) is 11.6 Å². The highest BCUT2D eigenvalue weighted by molar-refractivity contribution is 7.14. The van der Waals surface area contributed by atoms with Crippen LogP contribution in [0.1, 0.15) is 19.4 Å². The first kappa shape index (κ1) is 18.0. The number of hydrazone groups is 1. The normalized spacial score (nSPS) is 11.3. The van der Waals surface area contributed by atoms with E-state index >= 15 is 0 Å². The minimum atomic E-state index is -0.763. The quantitative estimate of drug-likeness (QED) is 0.470. The van der Waals surface area contributed by atoms with Crippen LogP contribution in [0.3, 0.4) is 0 Å². The smallest absolute Gasteiger partial charge is 0.203 e. The van der Waals surface area contributed by atoms with Gasteiger partial charge in [-0.25, -0.2) is 13.8 Å². The van der Waals surface area contributed by atoms with Gasteiger partial charge in [-0.2, -0.15) is 5.10 Å². The third kappa shape index (κ3) is 4.43. The summed E-state index contributed by atoms with van der Waals surface area (Å²) in [6.07, 6.45) is 1.01. The summed E-state index contributed by atoms with van der Waals surface area (Å²) < 4.78 is 33.0. The Morgan fingerprint density at radius 3 is 2.50 bits per heavy atom. The molecule has 0 aliphatic carbocycles. The summed E-state index contributed by atoms with van der Waals surface area (Å²) in [5.41, 5.74) is 4.89. The second-order valence-electron chi connectivity index (χ2n) is 5.75. The first-order valence-corrected chi connectivity index (χ1v) is 8.86. The van der Waals surface area contributed by atoms with Gasteiger partial charge in [-0.05, 0) is 26.0 Å². The molecular formula is C19H17F2N3OS. The van der Waals surface area contributed by atoms with E-state index in [0.717, 1.165) is 11.3 Å². The Labute approximate surface area is 154 Å². The zero-order valence-corrected chi connectivity index (χ0v) is 15.1. The second kappa shape index (κ2) is 8.05. The lowest BCUT2D eigenvalue weighted by atomic mass is 10.2. The number of halogens is 2. The molecule has 2 aromatic carbocycles. The number of nitrogens with one attached hydrogen (secondary N) is 1. The fraction of sp³-hybridized carbons (Fsp3) is 0.158. The van der Waals surface area contributed by atoms with Crippen LogP contribution in [-0.4, -0.2) is 17.3 Å². The van der Waals surface area contributed by atoms with E-state index in [1.165, 1.54) is 29.7 Å². The molecule has 134 valence electrons. The summed E-state index contributed by atoms with van der Waals surface area (Å²) in [6, 6.07) is 12.1. The van der Waals surface area contributed by atoms with Crippen LogP contribution in [0.25, 0.3) is 11.3 Å². The lowest BCUT2D eigenvalue weighted by molar-refractivity contribution is 0.219. The molecule has 0 atom stereocenters. The molecule has 4 nitrogen and oxygen atoms in total. The molecule has 3 rings (SSSR count). The van der Waals surface area contributed by atoms with Crippen molar-refractivity contribution in [2.24, 2.45) is 5.10 Å². The molecule has 7 heteroatoms. The van der Waals surface area contributed by atoms with E-state index in [1.54, 1.807) is 13.8 Å². The highest BCUT2D eigenvalue weighted by atomic mass is 32.1. The molecule has 0 unspecified atom stereocenters. The van der Waals surface area contributed by atoms with Crippen molar-refractivity contribution in [2.75, 3.05) is 5.43 Å². The highest BCUT2D eigenvalue weighted by Gasteiger charge is 2.13. The van der Waals surface area contributed by atoms with Gasteiger partial charge in [-0.15, -0.1) is 11.3 Å². The third-order valence-electron chi connectivity index (χ3n) is 3.32. The van der Waals surface area contributed by atoms with Gasteiger partial charge >= 0.3 is 0 Å². The van der Waals surface area contributed by atoms with E-state index in [1.807, 2.05) is 35.7 Å². The van der Waals surface area contributed by atoms with Crippen LogP contribution < -0.4 is 10.2 Å². The molecule has 1 aromatic heterocycles. The van der Waals surface area contributed by atoms with Gasteiger partial charge in [0, 0.05) is 16.5 Å². The monoisotopic (exact) mass is 373 g/mol. The Bertz CT molecular complexity index is 887. The van der Waals surface area contributed by atoms with E-state index in [-0.39, 0.29) is 17.4 Å². The Hall–Kier alpha value is -2.80. The van der Waals surface area contributed by atoms with Crippen LogP contribution in [0.2, 0.25) is 0 Å². The number of benzene rings is 2. The van der Waals surface area contributed by atoms with Crippen molar-refractivity contribution < 1.29 is 13.5 Å². The maximum atomic E-state index is 14.0. The molecule has 0 saturated heterocycles. The van der Waals surface area contributed by atoms with Crippen LogP contribution >= 0.6 is 11.3 Å². The molecule has 1 N–H and O–H groups in total. The molecular weight excluding hydrogens is 356 g/mol. The predicted molar refractivity (Wildman–Crippen MR) is 101 cm³/mol. The summed E-state index contributed by atoms with van der Waals surface area (Å²) in [5, 5.41) is 6.48. The zero-order valence-electron chi connectivity index (χ0n) is 14.2. The van der Waals surface area contributed by atoms with Crippen LogP contribution in [0.15, 0.2) is 52.9 Å². The van der Waals surface area contributed by atoms with Crippen molar-refractivity contribution in [3.63, 3.8) is 0 Å². The van der Waals surface area contributed by atoms with Gasteiger partial charge in [0.05, 0.1) is 18.0 Å². The molecule has 1 heterocycles. The number of thiazole rings is 1. The van der Waals surface area contributed by atoms with Crippen LogP contribution in [0.4, 0.5) is 13.9 Å². The van der Waals surface area contributed by atoms with Gasteiger partial charge in [0.15, 0.2) is 17.4 Å². The molecule has 0 bridgehead atoms. The average molecular weight is 373 g/mol. The summed E-state index contributed by atoms with van der Waals surface area (Å²) >= 11 is 1.39. The van der Waals surface area contributed by atoms with E-state index < -0.39 is 11.6 Å². The van der Waals surface area contributed by atoms with Gasteiger partial charge in [0.2, 0.25) is 5.13 Å². The van der Waals surface area contributed by atoms with Crippen molar-refractivity contribution in [3.05, 3.63) is 65.0 Å². The predicted octanol–water partition coefficient (Wildman–Crippen LogP) is 5.32. The lowest BCUT2D eigenvalue weighted by Crippen LogP contribution is -2.09. The van der Waals surface area contributed by atoms with Crippen molar-refractivity contribution >= 4 is 22.7 Å². The van der Waals surface area contributed by atoms with E-state index in [0.29, 0.717) is 5.13 Å². The molecule has 26 heavy (non-hydrogen) atoms. The first-order chi connectivity index (χ1) is 12.5. The third-order valence-corrected chi connectivity index (χ3v) is 4.07. The van der Waals surface area contributed by atoms with Crippen molar-refractivity contribution in [2.45, 2.75) is 20.0 Å². The molecule has 0 saturated carbocycles. The Morgan fingerprint density at radius 2 is 1.85 bits per heavy atom. The number of nitrogens with zero attached hydrogens (tertiary/aromatic N) is 2. The van der Waals surface area contributed by atoms with Crippen molar-refractivity contribution in [1.29, 1.82) is 0 Å². The minimum Gasteiger partial charge on any atom is -0.485 e. The van der Waals surface area contributed by atoms with Gasteiger partial charge in [-0.3, -0.25) is 5.43 Å². The maximum absolute atomic E-state index is 14.0. The molecule has 0 aliphatic heterocycles. The largest absolute Gasteiger partial charge is 0.485 e. The zero-order chi connectivity index (χ0) is 18.5. The Balaban J connectivity index is 1.68. The van der Waals surface area contributed by atoms with Gasteiger partial charge in [0.25, 0.3) is 0 Å². The van der Waals surface area contributed by atoms with Crippen LogP contribution in [-0.2, 0) is 0 Å². The molecule has 0 amide bonds. The number of anilines is 1. The fourth-order valence-corrected chi connectivity index (χ4v) is 2.90. The van der Waals surface area contributed by atoms with Gasteiger partial charge in [-0.1, -0.05) is 30.3 Å². The molecule has 0 spiro atoms. The van der Waals surface area contributed by atoms with Crippen molar-refractivity contribution in [1.82, 2.24) is 4.98 Å². The SMILES string of the molecule is CC(C)Oc1c(F)cc(C=NNc2nc(-c3ccccc3)cs2)cc1F. The number of hydrogen-bond donors (Lipinski definition) is 1. The fourth-order valence-electron chi connectivity index (χ4n) is 2.23.